The van der Waals surface area contributed by atoms with Crippen LogP contribution >= 0.6 is 0 Å². The largest absolute Gasteiger partial charge is 0.383 e. The van der Waals surface area contributed by atoms with Gasteiger partial charge in [0.25, 0.3) is 0 Å². The van der Waals surface area contributed by atoms with Crippen molar-refractivity contribution in [3.8, 4) is 0 Å². The normalized spacial score (nSPS) is 17.3. The van der Waals surface area contributed by atoms with Crippen molar-refractivity contribution in [3.63, 3.8) is 0 Å². The van der Waals surface area contributed by atoms with E-state index in [1.54, 1.807) is 6.20 Å². The van der Waals surface area contributed by atoms with Gasteiger partial charge in [-0.05, 0) is 50.7 Å². The van der Waals surface area contributed by atoms with Crippen molar-refractivity contribution in [2.75, 3.05) is 5.73 Å². The summed E-state index contributed by atoms with van der Waals surface area (Å²) in [6, 6.07) is 2.04. The summed E-state index contributed by atoms with van der Waals surface area (Å²) < 4.78 is 0. The number of nitrogen functional groups attached to an aromatic ring is 1. The van der Waals surface area contributed by atoms with E-state index < -0.39 is 0 Å². The maximum Gasteiger partial charge on any atom is 0.128 e. The number of anilines is 1. The van der Waals surface area contributed by atoms with Crippen molar-refractivity contribution in [2.24, 2.45) is 5.84 Å². The molecular formula is C14H22N4. The topological polar surface area (TPSA) is 77.0 Å². The van der Waals surface area contributed by atoms with Gasteiger partial charge in [-0.1, -0.05) is 11.6 Å². The molecule has 0 saturated heterocycles. The van der Waals surface area contributed by atoms with Crippen LogP contribution in [0, 0.1) is 6.92 Å². The van der Waals surface area contributed by atoms with Crippen LogP contribution in [0.4, 0.5) is 5.82 Å². The second kappa shape index (κ2) is 5.98. The zero-order valence-corrected chi connectivity index (χ0v) is 10.9. The third-order valence-corrected chi connectivity index (χ3v) is 3.64. The lowest BCUT2D eigenvalue weighted by molar-refractivity contribution is 0.527. The highest BCUT2D eigenvalue weighted by Crippen LogP contribution is 2.30. The van der Waals surface area contributed by atoms with E-state index in [1.165, 1.54) is 31.3 Å². The van der Waals surface area contributed by atoms with E-state index in [0.717, 1.165) is 17.5 Å². The fraction of sp³-hybridized carbons (Fsp3) is 0.500. The maximum atomic E-state index is 5.98. The first-order chi connectivity index (χ1) is 8.72. The molecule has 1 unspecified atom stereocenters. The van der Waals surface area contributed by atoms with Gasteiger partial charge >= 0.3 is 0 Å². The van der Waals surface area contributed by atoms with Crippen LogP contribution in [-0.4, -0.2) is 4.98 Å². The Morgan fingerprint density at radius 3 is 2.89 bits per heavy atom. The third kappa shape index (κ3) is 2.89. The smallest absolute Gasteiger partial charge is 0.128 e. The summed E-state index contributed by atoms with van der Waals surface area (Å²) in [5.41, 5.74) is 12.5. The Kier molecular flexibility index (Phi) is 4.33. The zero-order valence-electron chi connectivity index (χ0n) is 10.9. The molecule has 1 aromatic heterocycles. The van der Waals surface area contributed by atoms with E-state index in [0.29, 0.717) is 5.82 Å². The van der Waals surface area contributed by atoms with Gasteiger partial charge in [-0.3, -0.25) is 11.3 Å². The maximum absolute atomic E-state index is 5.98. The van der Waals surface area contributed by atoms with Gasteiger partial charge in [-0.2, -0.15) is 0 Å². The zero-order chi connectivity index (χ0) is 13.0. The van der Waals surface area contributed by atoms with Crippen LogP contribution in [0.1, 0.15) is 49.3 Å². The molecule has 2 rings (SSSR count). The van der Waals surface area contributed by atoms with E-state index in [-0.39, 0.29) is 6.04 Å². The molecule has 0 bridgehead atoms. The van der Waals surface area contributed by atoms with Crippen LogP contribution in [0.2, 0.25) is 0 Å². The number of aromatic nitrogens is 1. The van der Waals surface area contributed by atoms with E-state index in [1.807, 2.05) is 13.0 Å². The summed E-state index contributed by atoms with van der Waals surface area (Å²) in [4.78, 5) is 4.16. The summed E-state index contributed by atoms with van der Waals surface area (Å²) in [6.45, 7) is 2.05. The summed E-state index contributed by atoms with van der Waals surface area (Å²) in [5, 5.41) is 0. The lowest BCUT2D eigenvalue weighted by Gasteiger charge is -2.22. The first-order valence-electron chi connectivity index (χ1n) is 6.57. The number of nitrogens with two attached hydrogens (primary N) is 2. The number of nitrogens with one attached hydrogen (secondary N) is 1. The summed E-state index contributed by atoms with van der Waals surface area (Å²) in [7, 11) is 0. The minimum Gasteiger partial charge on any atom is -0.383 e. The molecule has 0 aliphatic heterocycles. The number of aryl methyl sites for hydroxylation is 1. The van der Waals surface area contributed by atoms with Crippen LogP contribution < -0.4 is 17.0 Å². The first kappa shape index (κ1) is 13.1. The molecular weight excluding hydrogens is 224 g/mol. The van der Waals surface area contributed by atoms with Crippen molar-refractivity contribution >= 4 is 5.82 Å². The van der Waals surface area contributed by atoms with E-state index in [2.05, 4.69) is 16.5 Å². The summed E-state index contributed by atoms with van der Waals surface area (Å²) >= 11 is 0. The van der Waals surface area contributed by atoms with Gasteiger partial charge in [-0.15, -0.1) is 0 Å². The van der Waals surface area contributed by atoms with Crippen molar-refractivity contribution < 1.29 is 0 Å². The Balaban J connectivity index is 2.20. The highest BCUT2D eigenvalue weighted by Gasteiger charge is 2.18. The van der Waals surface area contributed by atoms with Crippen LogP contribution in [-0.2, 0) is 0 Å². The lowest BCUT2D eigenvalue weighted by atomic mass is 9.90. The van der Waals surface area contributed by atoms with E-state index in [4.69, 9.17) is 11.6 Å². The number of hydrogen-bond acceptors (Lipinski definition) is 4. The predicted octanol–water partition coefficient (Wildman–Crippen LogP) is 2.37. The number of rotatable bonds is 4. The number of hydrogen-bond donors (Lipinski definition) is 3. The number of pyridine rings is 1. The molecule has 0 saturated carbocycles. The Morgan fingerprint density at radius 1 is 1.44 bits per heavy atom. The molecule has 4 nitrogen and oxygen atoms in total. The van der Waals surface area contributed by atoms with Gasteiger partial charge < -0.3 is 5.73 Å². The van der Waals surface area contributed by atoms with Gasteiger partial charge in [0.15, 0.2) is 0 Å². The molecule has 1 aliphatic carbocycles. The Morgan fingerprint density at radius 2 is 2.28 bits per heavy atom. The molecule has 4 heteroatoms. The van der Waals surface area contributed by atoms with Gasteiger partial charge in [0.1, 0.15) is 5.82 Å². The molecule has 98 valence electrons. The minimum absolute atomic E-state index is 0.0584. The second-order valence-corrected chi connectivity index (χ2v) is 4.96. The average Bonchev–Trinajstić information content (AvgIpc) is 2.38. The highest BCUT2D eigenvalue weighted by atomic mass is 15.2. The van der Waals surface area contributed by atoms with E-state index >= 15 is 0 Å². The van der Waals surface area contributed by atoms with Crippen molar-refractivity contribution in [1.82, 2.24) is 10.4 Å². The number of nitrogens with zero attached hydrogens (tertiary/aromatic N) is 1. The molecule has 1 aromatic rings. The van der Waals surface area contributed by atoms with Crippen molar-refractivity contribution in [3.05, 3.63) is 35.0 Å². The van der Waals surface area contributed by atoms with Crippen LogP contribution in [0.25, 0.3) is 0 Å². The quantitative estimate of drug-likeness (QED) is 0.433. The molecule has 0 aromatic carbocycles. The van der Waals surface area contributed by atoms with Crippen LogP contribution in [0.15, 0.2) is 23.9 Å². The number of allylic oxidation sites excluding steroid dienone is 1. The Labute approximate surface area is 108 Å². The summed E-state index contributed by atoms with van der Waals surface area (Å²) in [5.74, 6) is 6.28. The lowest BCUT2D eigenvalue weighted by Crippen LogP contribution is -2.30. The van der Waals surface area contributed by atoms with Gasteiger partial charge in [0, 0.05) is 11.8 Å². The molecule has 1 heterocycles. The first-order valence-corrected chi connectivity index (χ1v) is 6.57. The molecule has 1 atom stereocenters. The van der Waals surface area contributed by atoms with Crippen LogP contribution in [0.5, 0.6) is 0 Å². The van der Waals surface area contributed by atoms with Gasteiger partial charge in [0.2, 0.25) is 0 Å². The monoisotopic (exact) mass is 246 g/mol. The molecule has 5 N–H and O–H groups in total. The van der Waals surface area contributed by atoms with Crippen molar-refractivity contribution in [1.29, 1.82) is 0 Å². The number of hydrazine groups is 1. The predicted molar refractivity (Wildman–Crippen MR) is 74.6 cm³/mol. The Hall–Kier alpha value is -1.39. The molecule has 0 fully saturated rings. The standard InChI is InChI=1S/C14H22N4/c1-10-7-8-17-14(15)13(10)12(18-16)9-11-5-3-2-4-6-11/h5,7-8,12,18H,2-4,6,9,16H2,1H3,(H2,15,17). The van der Waals surface area contributed by atoms with E-state index in [9.17, 15) is 0 Å². The molecule has 0 amide bonds. The highest BCUT2D eigenvalue weighted by molar-refractivity contribution is 5.46. The van der Waals surface area contributed by atoms with Gasteiger partial charge in [0.05, 0.1) is 6.04 Å². The molecule has 1 aliphatic rings. The summed E-state index contributed by atoms with van der Waals surface area (Å²) in [6.07, 6.45) is 9.96. The fourth-order valence-corrected chi connectivity index (χ4v) is 2.64. The molecule has 0 radical (unpaired) electrons. The molecule has 18 heavy (non-hydrogen) atoms. The Bertz CT molecular complexity index is 419. The molecule has 0 spiro atoms. The third-order valence-electron chi connectivity index (χ3n) is 3.64. The average molecular weight is 246 g/mol. The van der Waals surface area contributed by atoms with Crippen molar-refractivity contribution in [2.45, 2.75) is 45.1 Å². The SMILES string of the molecule is Cc1ccnc(N)c1C(CC1=CCCCC1)NN. The fourth-order valence-electron chi connectivity index (χ4n) is 2.64. The second-order valence-electron chi connectivity index (χ2n) is 4.96. The van der Waals surface area contributed by atoms with Gasteiger partial charge in [-0.25, -0.2) is 4.98 Å². The van der Waals surface area contributed by atoms with Crippen LogP contribution in [0.3, 0.4) is 0 Å². The minimum atomic E-state index is 0.0584.